The highest BCUT2D eigenvalue weighted by atomic mass is 16.7. The first-order valence-electron chi connectivity index (χ1n) is 8.14. The molecular weight excluding hydrogens is 321 g/mol. The van der Waals surface area contributed by atoms with Crippen LogP contribution in [0.1, 0.15) is 12.0 Å². The van der Waals surface area contributed by atoms with Crippen LogP contribution in [0.2, 0.25) is 0 Å². The zero-order chi connectivity index (χ0) is 18.1. The van der Waals surface area contributed by atoms with Crippen molar-refractivity contribution in [2.24, 2.45) is 0 Å². The van der Waals surface area contributed by atoms with E-state index in [0.717, 1.165) is 6.29 Å². The van der Waals surface area contributed by atoms with Gasteiger partial charge in [0.05, 0.1) is 5.31 Å². The lowest BCUT2D eigenvalue weighted by Gasteiger charge is -2.49. The molecule has 0 spiro atoms. The minimum absolute atomic E-state index is 0.000659. The summed E-state index contributed by atoms with van der Waals surface area (Å²) in [6, 6.07) is 9.01. The van der Waals surface area contributed by atoms with Gasteiger partial charge in [0.25, 0.3) is 0 Å². The van der Waals surface area contributed by atoms with Gasteiger partial charge in [-0.15, -0.1) is 0 Å². The lowest BCUT2D eigenvalue weighted by Crippen LogP contribution is -2.72. The normalized spacial score (nSPS) is 30.4. The molecule has 0 bridgehead atoms. The van der Waals surface area contributed by atoms with Crippen LogP contribution in [-0.2, 0) is 29.0 Å². The Morgan fingerprint density at radius 1 is 1.20 bits per heavy atom. The van der Waals surface area contributed by atoms with Crippen LogP contribution in [0.25, 0.3) is 0 Å². The molecule has 1 aromatic rings. The van der Waals surface area contributed by atoms with Crippen molar-refractivity contribution in [1.82, 2.24) is 0 Å². The van der Waals surface area contributed by atoms with Crippen molar-refractivity contribution in [2.75, 3.05) is 20.1 Å². The van der Waals surface area contributed by atoms with Gasteiger partial charge < -0.3 is 18.5 Å². The third-order valence-corrected chi connectivity index (χ3v) is 5.28. The highest BCUT2D eigenvalue weighted by Crippen LogP contribution is 2.48. The molecule has 1 aromatic carbocycles. The zero-order valence-corrected chi connectivity index (χ0v) is 14.1. The quantitative estimate of drug-likeness (QED) is 0.443. The Labute approximate surface area is 146 Å². The van der Waals surface area contributed by atoms with Crippen molar-refractivity contribution in [3.63, 3.8) is 0 Å². The molecular formula is C18H20BNO5. The van der Waals surface area contributed by atoms with Crippen LogP contribution in [0.5, 0.6) is 0 Å². The van der Waals surface area contributed by atoms with Crippen LogP contribution in [0.3, 0.4) is 0 Å². The number of benzene rings is 1. The summed E-state index contributed by atoms with van der Waals surface area (Å²) in [6.07, 6.45) is 6.06. The largest absolute Gasteiger partial charge is 0.601 e. The molecule has 0 radical (unpaired) electrons. The van der Waals surface area contributed by atoms with E-state index in [2.05, 4.69) is 6.58 Å². The third kappa shape index (κ3) is 2.34. The molecule has 25 heavy (non-hydrogen) atoms. The maximum atomic E-state index is 12.5. The fourth-order valence-corrected chi connectivity index (χ4v) is 4.15. The fraction of sp³-hybridized carbons (Fsp3) is 0.278. The maximum absolute atomic E-state index is 12.5. The summed E-state index contributed by atoms with van der Waals surface area (Å²) in [7, 11) is 1.73. The van der Waals surface area contributed by atoms with Gasteiger partial charge in [-0.2, -0.15) is 0 Å². The number of quaternary nitrogens is 1. The van der Waals surface area contributed by atoms with Gasteiger partial charge in [0.15, 0.2) is 0 Å². The highest BCUT2D eigenvalue weighted by Gasteiger charge is 2.75. The number of hydrogen-bond acceptors (Lipinski definition) is 5. The van der Waals surface area contributed by atoms with E-state index in [1.54, 1.807) is 49.5 Å². The molecule has 130 valence electrons. The standard InChI is InChI=1S/C18H20BNO5/c1-3-4-8-11-18(14-21,15-9-6-5-7-10-15)19-20(2,12-16(22)24-19)13-17(23)25-19/h3-10,14H,1,11-13H2,2H3/b8-4+. The minimum Gasteiger partial charge on any atom is -0.599 e. The van der Waals surface area contributed by atoms with E-state index >= 15 is 0 Å². The van der Waals surface area contributed by atoms with Crippen LogP contribution in [-0.4, -0.2) is 49.4 Å². The summed E-state index contributed by atoms with van der Waals surface area (Å²) in [6.45, 7) is 1.06. The molecule has 0 aromatic heterocycles. The van der Waals surface area contributed by atoms with E-state index in [-0.39, 0.29) is 23.9 Å². The van der Waals surface area contributed by atoms with E-state index in [1.807, 2.05) is 6.07 Å². The zero-order valence-electron chi connectivity index (χ0n) is 14.1. The number of carbonyl (C=O) groups excluding carboxylic acids is 3. The summed E-state index contributed by atoms with van der Waals surface area (Å²) in [5, 5.41) is -1.30. The van der Waals surface area contributed by atoms with Gasteiger partial charge in [-0.3, -0.25) is 9.59 Å². The summed E-state index contributed by atoms with van der Waals surface area (Å²) < 4.78 is 11.3. The summed E-state index contributed by atoms with van der Waals surface area (Å²) in [5.41, 5.74) is 0.646. The highest BCUT2D eigenvalue weighted by molar-refractivity contribution is 6.72. The van der Waals surface area contributed by atoms with Crippen LogP contribution >= 0.6 is 0 Å². The molecule has 3 rings (SSSR count). The molecule has 2 saturated heterocycles. The van der Waals surface area contributed by atoms with Gasteiger partial charge in [0.2, 0.25) is 0 Å². The van der Waals surface area contributed by atoms with Gasteiger partial charge >= 0.3 is 18.6 Å². The van der Waals surface area contributed by atoms with Crippen molar-refractivity contribution in [3.8, 4) is 0 Å². The van der Waals surface area contributed by atoms with Gasteiger partial charge in [-0.25, -0.2) is 0 Å². The number of allylic oxidation sites excluding steroid dienone is 3. The Morgan fingerprint density at radius 3 is 2.32 bits per heavy atom. The topological polar surface area (TPSA) is 69.7 Å². The van der Waals surface area contributed by atoms with Crippen molar-refractivity contribution in [2.45, 2.75) is 11.7 Å². The van der Waals surface area contributed by atoms with Crippen molar-refractivity contribution in [1.29, 1.82) is 0 Å². The van der Waals surface area contributed by atoms with E-state index < -0.39 is 23.9 Å². The molecule has 0 amide bonds. The molecule has 2 aliphatic heterocycles. The lowest BCUT2D eigenvalue weighted by atomic mass is 9.41. The van der Waals surface area contributed by atoms with Crippen LogP contribution in [0, 0.1) is 0 Å². The predicted octanol–water partition coefficient (Wildman–Crippen LogP) is 1.29. The number of rotatable bonds is 6. The number of aldehydes is 1. The molecule has 0 N–H and O–H groups in total. The Bertz CT molecular complexity index is 740. The monoisotopic (exact) mass is 341 g/mol. The first kappa shape index (κ1) is 17.2. The van der Waals surface area contributed by atoms with Crippen LogP contribution in [0.15, 0.2) is 55.1 Å². The first-order valence-corrected chi connectivity index (χ1v) is 8.14. The molecule has 0 saturated carbocycles. The third-order valence-electron chi connectivity index (χ3n) is 5.28. The van der Waals surface area contributed by atoms with Crippen molar-refractivity contribution >= 4 is 24.9 Å². The Balaban J connectivity index is 2.24. The first-order chi connectivity index (χ1) is 11.9. The van der Waals surface area contributed by atoms with Crippen LogP contribution in [0.4, 0.5) is 0 Å². The van der Waals surface area contributed by atoms with Crippen molar-refractivity contribution < 1.29 is 28.1 Å². The van der Waals surface area contributed by atoms with E-state index in [4.69, 9.17) is 9.31 Å². The molecule has 2 aliphatic rings. The number of carbonyl (C=O) groups is 3. The predicted molar refractivity (Wildman–Crippen MR) is 92.0 cm³/mol. The summed E-state index contributed by atoms with van der Waals surface area (Å²) in [5.74, 6) is -0.935. The second-order valence-electron chi connectivity index (χ2n) is 6.84. The molecule has 1 unspecified atom stereocenters. The molecule has 2 heterocycles. The van der Waals surface area contributed by atoms with Gasteiger partial charge in [0, 0.05) is 7.05 Å². The van der Waals surface area contributed by atoms with Gasteiger partial charge in [-0.1, -0.05) is 60.7 Å². The SMILES string of the molecule is C=C/C=C/CC(C=O)(c1ccccc1)[B-]12OC(=O)C[N+]1(C)CC(=O)O2. The Hall–Kier alpha value is -2.67. The average Bonchev–Trinajstić information content (AvgIpc) is 2.96. The van der Waals surface area contributed by atoms with E-state index in [1.165, 1.54) is 0 Å². The van der Waals surface area contributed by atoms with E-state index in [0.29, 0.717) is 5.56 Å². The second-order valence-corrected chi connectivity index (χ2v) is 6.84. The minimum atomic E-state index is -2.58. The Kier molecular flexibility index (Phi) is 4.12. The second kappa shape index (κ2) is 6.00. The molecule has 1 atom stereocenters. The number of hydrogen-bond donors (Lipinski definition) is 0. The molecule has 7 heteroatoms. The number of nitrogens with zero attached hydrogens (tertiary/aromatic N) is 1. The molecule has 0 aliphatic carbocycles. The Morgan fingerprint density at radius 2 is 1.80 bits per heavy atom. The van der Waals surface area contributed by atoms with Crippen molar-refractivity contribution in [3.05, 3.63) is 60.7 Å². The maximum Gasteiger partial charge on any atom is 0.601 e. The number of likely N-dealkylation sites (N-methyl/N-ethyl adjacent to an activating group) is 1. The van der Waals surface area contributed by atoms with Crippen LogP contribution < -0.4 is 0 Å². The fourth-order valence-electron chi connectivity index (χ4n) is 4.15. The summed E-state index contributed by atoms with van der Waals surface area (Å²) >= 11 is 0. The molecule has 2 fully saturated rings. The lowest BCUT2D eigenvalue weighted by molar-refractivity contribution is -0.795. The summed E-state index contributed by atoms with van der Waals surface area (Å²) in [4.78, 5) is 36.7. The molecule has 6 nitrogen and oxygen atoms in total. The van der Waals surface area contributed by atoms with E-state index in [9.17, 15) is 14.4 Å². The number of fused-ring (bicyclic) bond motifs is 1. The van der Waals surface area contributed by atoms with Gasteiger partial charge in [-0.05, 0) is 6.42 Å². The van der Waals surface area contributed by atoms with Gasteiger partial charge in [0.1, 0.15) is 19.4 Å². The average molecular weight is 341 g/mol. The smallest absolute Gasteiger partial charge is 0.599 e.